The SMILES string of the molecule is c1ccc(C(=C(c2ccccc2)c2ccc(-c3ccc4c5cccc6cccc(c7cccc3c74)c65)cc2)c2ccccc2)cc1. The molecule has 0 heterocycles. The fourth-order valence-corrected chi connectivity index (χ4v) is 7.44. The molecule has 214 valence electrons. The Morgan fingerprint density at radius 2 is 0.674 bits per heavy atom. The zero-order valence-electron chi connectivity index (χ0n) is 25.3. The van der Waals surface area contributed by atoms with Crippen LogP contribution in [0.3, 0.4) is 0 Å². The van der Waals surface area contributed by atoms with Crippen molar-refractivity contribution in [2.75, 3.05) is 0 Å². The van der Waals surface area contributed by atoms with Gasteiger partial charge in [-0.25, -0.2) is 0 Å². The summed E-state index contributed by atoms with van der Waals surface area (Å²) >= 11 is 0. The highest BCUT2D eigenvalue weighted by molar-refractivity contribution is 6.34. The highest BCUT2D eigenvalue weighted by Gasteiger charge is 2.18. The summed E-state index contributed by atoms with van der Waals surface area (Å²) in [5.74, 6) is 0. The van der Waals surface area contributed by atoms with E-state index in [2.05, 4.69) is 182 Å². The Morgan fingerprint density at radius 1 is 0.261 bits per heavy atom. The molecular formula is C46H30. The minimum Gasteiger partial charge on any atom is -0.0622 e. The van der Waals surface area contributed by atoms with Crippen molar-refractivity contribution in [3.63, 3.8) is 0 Å². The van der Waals surface area contributed by atoms with Crippen LogP contribution in [0.25, 0.3) is 65.4 Å². The van der Waals surface area contributed by atoms with Crippen LogP contribution >= 0.6 is 0 Å². The third-order valence-corrected chi connectivity index (χ3v) is 9.45. The molecule has 0 unspecified atom stereocenters. The van der Waals surface area contributed by atoms with Gasteiger partial charge in [0.2, 0.25) is 0 Å². The normalized spacial score (nSPS) is 11.5. The summed E-state index contributed by atoms with van der Waals surface area (Å²) in [6.45, 7) is 0. The van der Waals surface area contributed by atoms with Gasteiger partial charge in [0.05, 0.1) is 0 Å². The van der Waals surface area contributed by atoms with Crippen LogP contribution in [-0.2, 0) is 0 Å². The van der Waals surface area contributed by atoms with Gasteiger partial charge in [-0.3, -0.25) is 0 Å². The largest absolute Gasteiger partial charge is 0.0622 e. The molecule has 0 heteroatoms. The maximum absolute atomic E-state index is 2.33. The van der Waals surface area contributed by atoms with Gasteiger partial charge in [-0.15, -0.1) is 0 Å². The van der Waals surface area contributed by atoms with Crippen molar-refractivity contribution in [2.45, 2.75) is 0 Å². The topological polar surface area (TPSA) is 0 Å². The van der Waals surface area contributed by atoms with Crippen LogP contribution in [0.4, 0.5) is 0 Å². The summed E-state index contributed by atoms with van der Waals surface area (Å²) in [4.78, 5) is 0. The third-order valence-electron chi connectivity index (χ3n) is 9.45. The lowest BCUT2D eigenvalue weighted by atomic mass is 9.84. The lowest BCUT2D eigenvalue weighted by molar-refractivity contribution is 1.50. The van der Waals surface area contributed by atoms with Crippen molar-refractivity contribution in [3.05, 3.63) is 204 Å². The van der Waals surface area contributed by atoms with E-state index in [-0.39, 0.29) is 0 Å². The molecule has 0 radical (unpaired) electrons. The molecule has 9 aromatic rings. The molecule has 46 heavy (non-hydrogen) atoms. The quantitative estimate of drug-likeness (QED) is 0.108. The van der Waals surface area contributed by atoms with Crippen LogP contribution in [0.2, 0.25) is 0 Å². The van der Waals surface area contributed by atoms with Crippen molar-refractivity contribution in [2.24, 2.45) is 0 Å². The van der Waals surface area contributed by atoms with Crippen LogP contribution in [0.5, 0.6) is 0 Å². The van der Waals surface area contributed by atoms with Crippen LogP contribution in [0, 0.1) is 0 Å². The molecule has 0 spiro atoms. The number of fused-ring (bicyclic) bond motifs is 2. The molecule has 9 rings (SSSR count). The number of hydrogen-bond acceptors (Lipinski definition) is 0. The van der Waals surface area contributed by atoms with Crippen LogP contribution in [0.15, 0.2) is 182 Å². The molecule has 0 bridgehead atoms. The van der Waals surface area contributed by atoms with Crippen LogP contribution in [0.1, 0.15) is 22.3 Å². The van der Waals surface area contributed by atoms with Crippen molar-refractivity contribution >= 4 is 54.2 Å². The van der Waals surface area contributed by atoms with Gasteiger partial charge in [0, 0.05) is 0 Å². The summed E-state index contributed by atoms with van der Waals surface area (Å²) < 4.78 is 0. The molecule has 0 saturated carbocycles. The first-order chi connectivity index (χ1) is 22.8. The summed E-state index contributed by atoms with van der Waals surface area (Å²) in [5.41, 5.74) is 9.74. The summed E-state index contributed by atoms with van der Waals surface area (Å²) in [5, 5.41) is 10.6. The van der Waals surface area contributed by atoms with Crippen molar-refractivity contribution in [1.29, 1.82) is 0 Å². The Balaban J connectivity index is 1.26. The molecule has 0 fully saturated rings. The maximum atomic E-state index is 2.33. The Bertz CT molecular complexity index is 2430. The fourth-order valence-electron chi connectivity index (χ4n) is 7.44. The molecule has 0 atom stereocenters. The molecule has 0 aliphatic carbocycles. The number of hydrogen-bond donors (Lipinski definition) is 0. The second kappa shape index (κ2) is 10.9. The lowest BCUT2D eigenvalue weighted by Crippen LogP contribution is -1.97. The first-order valence-corrected chi connectivity index (χ1v) is 15.9. The molecule has 0 aliphatic rings. The predicted octanol–water partition coefficient (Wildman–Crippen LogP) is 12.4. The predicted molar refractivity (Wildman–Crippen MR) is 197 cm³/mol. The van der Waals surface area contributed by atoms with Gasteiger partial charge < -0.3 is 0 Å². The highest BCUT2D eigenvalue weighted by atomic mass is 14.2. The van der Waals surface area contributed by atoms with E-state index in [0.717, 1.165) is 0 Å². The average Bonchev–Trinajstić information content (AvgIpc) is 3.14. The molecule has 0 saturated heterocycles. The first-order valence-electron chi connectivity index (χ1n) is 15.9. The Morgan fingerprint density at radius 3 is 1.20 bits per heavy atom. The fraction of sp³-hybridized carbons (Fsp3) is 0. The van der Waals surface area contributed by atoms with E-state index < -0.39 is 0 Å². The second-order valence-corrected chi connectivity index (χ2v) is 12.0. The van der Waals surface area contributed by atoms with E-state index in [1.54, 1.807) is 0 Å². The summed E-state index contributed by atoms with van der Waals surface area (Å²) in [7, 11) is 0. The Kier molecular flexibility index (Phi) is 6.25. The molecule has 0 nitrogen and oxygen atoms in total. The van der Waals surface area contributed by atoms with Gasteiger partial charge in [0.25, 0.3) is 0 Å². The number of rotatable bonds is 5. The van der Waals surface area contributed by atoms with Crippen LogP contribution in [-0.4, -0.2) is 0 Å². The highest BCUT2D eigenvalue weighted by Crippen LogP contribution is 2.43. The minimum absolute atomic E-state index is 1.20. The monoisotopic (exact) mass is 582 g/mol. The van der Waals surface area contributed by atoms with E-state index in [1.165, 1.54) is 87.6 Å². The average molecular weight is 583 g/mol. The first kappa shape index (κ1) is 26.4. The zero-order valence-corrected chi connectivity index (χ0v) is 25.3. The van der Waals surface area contributed by atoms with Crippen molar-refractivity contribution in [1.82, 2.24) is 0 Å². The van der Waals surface area contributed by atoms with Crippen molar-refractivity contribution in [3.8, 4) is 11.1 Å². The van der Waals surface area contributed by atoms with Gasteiger partial charge in [0.1, 0.15) is 0 Å². The second-order valence-electron chi connectivity index (χ2n) is 12.0. The third kappa shape index (κ3) is 4.23. The molecule has 0 amide bonds. The smallest absolute Gasteiger partial charge is 0.00201 e. The molecule has 0 N–H and O–H groups in total. The zero-order chi connectivity index (χ0) is 30.5. The van der Waals surface area contributed by atoms with E-state index >= 15 is 0 Å². The molecule has 0 aliphatic heterocycles. The Hall–Kier alpha value is -5.98. The maximum Gasteiger partial charge on any atom is -0.00201 e. The molecule has 9 aromatic carbocycles. The van der Waals surface area contributed by atoms with E-state index in [0.29, 0.717) is 0 Å². The standard InChI is InChI=1S/C46H30/c1-4-13-32(14-5-1)43(33-15-6-2-7-16-33)44(34-17-8-3-9-18-34)36-27-25-31(26-28-36)37-29-30-42-40-22-11-20-35-19-10-21-39(45(35)40)41-24-12-23-38(37)46(41)42/h1-30H. The Labute approximate surface area is 268 Å². The van der Waals surface area contributed by atoms with E-state index in [4.69, 9.17) is 0 Å². The van der Waals surface area contributed by atoms with Gasteiger partial charge in [-0.05, 0) is 87.6 Å². The van der Waals surface area contributed by atoms with Crippen molar-refractivity contribution < 1.29 is 0 Å². The summed E-state index contributed by atoms with van der Waals surface area (Å²) in [6, 6.07) is 66.3. The van der Waals surface area contributed by atoms with Gasteiger partial charge >= 0.3 is 0 Å². The van der Waals surface area contributed by atoms with Crippen LogP contribution < -0.4 is 0 Å². The number of benzene rings is 9. The molecular weight excluding hydrogens is 553 g/mol. The van der Waals surface area contributed by atoms with E-state index in [9.17, 15) is 0 Å². The minimum atomic E-state index is 1.20. The summed E-state index contributed by atoms with van der Waals surface area (Å²) in [6.07, 6.45) is 0. The molecule has 0 aromatic heterocycles. The van der Waals surface area contributed by atoms with Gasteiger partial charge in [0.15, 0.2) is 0 Å². The van der Waals surface area contributed by atoms with Gasteiger partial charge in [-0.1, -0.05) is 182 Å². The lowest BCUT2D eigenvalue weighted by Gasteiger charge is -2.19. The van der Waals surface area contributed by atoms with Gasteiger partial charge in [-0.2, -0.15) is 0 Å². The van der Waals surface area contributed by atoms with E-state index in [1.807, 2.05) is 0 Å².